The van der Waals surface area contributed by atoms with Crippen LogP contribution in [0.25, 0.3) is 0 Å². The molecule has 1 aromatic rings. The molecule has 1 aliphatic heterocycles. The van der Waals surface area contributed by atoms with Gasteiger partial charge in [0.25, 0.3) is 11.4 Å². The number of phenolic OH excluding ortho intramolecular Hbond substituents is 1. The maximum atomic E-state index is 10.4. The van der Waals surface area contributed by atoms with E-state index in [4.69, 9.17) is 5.11 Å². The fraction of sp³-hybridized carbons (Fsp3) is 0.538. The van der Waals surface area contributed by atoms with Gasteiger partial charge in [-0.15, -0.1) is 0 Å². The first kappa shape index (κ1) is 19.2. The normalized spacial score (nSPS) is 19.0. The smallest absolute Gasteiger partial charge is 0.324 e. The highest BCUT2D eigenvalue weighted by Crippen LogP contribution is 2.39. The van der Waals surface area contributed by atoms with Gasteiger partial charge in [0.2, 0.25) is 0 Å². The van der Waals surface area contributed by atoms with E-state index in [1.54, 1.807) is 0 Å². The van der Waals surface area contributed by atoms with Crippen LogP contribution in [0.3, 0.4) is 0 Å². The van der Waals surface area contributed by atoms with Gasteiger partial charge >= 0.3 is 11.4 Å². The van der Waals surface area contributed by atoms with E-state index < -0.39 is 37.6 Å². The second-order valence-electron chi connectivity index (χ2n) is 6.43. The van der Waals surface area contributed by atoms with Gasteiger partial charge in [-0.1, -0.05) is 20.8 Å². The third kappa shape index (κ3) is 4.59. The number of nitro groups is 3. The third-order valence-corrected chi connectivity index (χ3v) is 3.52. The number of non-ortho nitro benzene ring substituents is 1. The minimum atomic E-state index is -1.21. The molecule has 0 aromatic heterocycles. The van der Waals surface area contributed by atoms with E-state index in [-0.39, 0.29) is 0 Å². The molecule has 0 radical (unpaired) electrons. The molecule has 1 aromatic carbocycles. The maximum absolute atomic E-state index is 10.4. The largest absolute Gasteiger partial charge is 0.497 e. The molecule has 11 heteroatoms. The number of rotatable bonds is 3. The molecular weight excluding hydrogens is 324 g/mol. The Morgan fingerprint density at radius 1 is 1.04 bits per heavy atom. The van der Waals surface area contributed by atoms with Gasteiger partial charge in [-0.3, -0.25) is 30.3 Å². The Morgan fingerprint density at radius 2 is 1.42 bits per heavy atom. The maximum Gasteiger partial charge on any atom is 0.324 e. The van der Waals surface area contributed by atoms with E-state index in [1.807, 2.05) is 0 Å². The highest BCUT2D eigenvalue weighted by molar-refractivity contribution is 5.64. The monoisotopic (exact) mass is 342 g/mol. The van der Waals surface area contributed by atoms with Crippen LogP contribution in [0.5, 0.6) is 5.75 Å². The molecule has 1 fully saturated rings. The number of likely N-dealkylation sites (N-methyl/N-ethyl adjacent to an activating group) is 1. The van der Waals surface area contributed by atoms with E-state index in [0.717, 1.165) is 6.04 Å². The van der Waals surface area contributed by atoms with Crippen LogP contribution in [0.2, 0.25) is 0 Å². The zero-order chi connectivity index (χ0) is 18.8. The Morgan fingerprint density at radius 3 is 1.58 bits per heavy atom. The zero-order valence-electron chi connectivity index (χ0n) is 13.6. The van der Waals surface area contributed by atoms with Crippen molar-refractivity contribution >= 4 is 17.1 Å². The van der Waals surface area contributed by atoms with Gasteiger partial charge in [-0.05, 0) is 12.5 Å². The van der Waals surface area contributed by atoms with Crippen molar-refractivity contribution in [2.24, 2.45) is 5.41 Å². The van der Waals surface area contributed by atoms with Crippen LogP contribution in [0.1, 0.15) is 20.8 Å². The molecule has 1 saturated heterocycles. The van der Waals surface area contributed by atoms with Crippen LogP contribution >= 0.6 is 0 Å². The summed E-state index contributed by atoms with van der Waals surface area (Å²) < 4.78 is 0. The summed E-state index contributed by atoms with van der Waals surface area (Å²) in [6.07, 6.45) is 0. The lowest BCUT2D eigenvalue weighted by Gasteiger charge is -2.16. The molecule has 132 valence electrons. The number of nitro benzene ring substituents is 3. The fourth-order valence-corrected chi connectivity index (χ4v) is 2.13. The zero-order valence-corrected chi connectivity index (χ0v) is 13.6. The van der Waals surface area contributed by atoms with Crippen LogP contribution in [0.4, 0.5) is 17.1 Å². The van der Waals surface area contributed by atoms with Crippen LogP contribution in [-0.4, -0.2) is 44.4 Å². The first-order valence-corrected chi connectivity index (χ1v) is 6.86. The minimum absolute atomic E-state index is 0.447. The van der Waals surface area contributed by atoms with Gasteiger partial charge in [0.1, 0.15) is 0 Å². The number of phenols is 1. The van der Waals surface area contributed by atoms with Crippen molar-refractivity contribution in [3.63, 3.8) is 0 Å². The predicted octanol–water partition coefficient (Wildman–Crippen LogP) is 2.46. The molecule has 0 saturated carbocycles. The molecule has 1 heterocycles. The van der Waals surface area contributed by atoms with Gasteiger partial charge < -0.3 is 10.0 Å². The molecular formula is C13H18N4O7. The van der Waals surface area contributed by atoms with E-state index >= 15 is 0 Å². The molecule has 2 rings (SSSR count). The van der Waals surface area contributed by atoms with Crippen molar-refractivity contribution in [1.29, 1.82) is 0 Å². The van der Waals surface area contributed by atoms with E-state index in [1.165, 1.54) is 6.54 Å². The quantitative estimate of drug-likeness (QED) is 0.499. The molecule has 1 N–H and O–H groups in total. The summed E-state index contributed by atoms with van der Waals surface area (Å²) in [5.41, 5.74) is -2.49. The summed E-state index contributed by atoms with van der Waals surface area (Å²) in [7, 11) is 2.18. The van der Waals surface area contributed by atoms with Crippen LogP contribution in [0.15, 0.2) is 12.1 Å². The number of benzene rings is 1. The van der Waals surface area contributed by atoms with Gasteiger partial charge in [-0.25, -0.2) is 0 Å². The lowest BCUT2D eigenvalue weighted by molar-refractivity contribution is -0.404. The van der Waals surface area contributed by atoms with Crippen molar-refractivity contribution in [3.05, 3.63) is 42.5 Å². The predicted molar refractivity (Wildman–Crippen MR) is 83.9 cm³/mol. The lowest BCUT2D eigenvalue weighted by atomic mass is 9.92. The summed E-state index contributed by atoms with van der Waals surface area (Å²) in [6.45, 7) is 8.17. The Kier molecular flexibility index (Phi) is 5.40. The van der Waals surface area contributed by atoms with Crippen LogP contribution in [-0.2, 0) is 0 Å². The van der Waals surface area contributed by atoms with Crippen molar-refractivity contribution in [3.8, 4) is 5.75 Å². The summed E-state index contributed by atoms with van der Waals surface area (Å²) >= 11 is 0. The van der Waals surface area contributed by atoms with Gasteiger partial charge in [0.05, 0.1) is 26.9 Å². The fourth-order valence-electron chi connectivity index (χ4n) is 2.13. The van der Waals surface area contributed by atoms with Crippen molar-refractivity contribution in [2.75, 3.05) is 13.6 Å². The standard InChI is InChI=1S/C7H15N.C6H3N3O7/c1-7(2,3)6-5-8(6)4;10-6-4(8(13)14)1-3(7(11)12)2-5(6)9(15)16/h6H,5H2,1-4H3;1-2,10H. The summed E-state index contributed by atoms with van der Waals surface area (Å²) in [4.78, 5) is 30.1. The van der Waals surface area contributed by atoms with Crippen LogP contribution < -0.4 is 0 Å². The summed E-state index contributed by atoms with van der Waals surface area (Å²) in [5, 5.41) is 40.2. The first-order valence-electron chi connectivity index (χ1n) is 6.86. The SMILES string of the molecule is CN1CC1C(C)(C)C.O=[N+]([O-])c1cc([N+](=O)[O-])c(O)c([N+](=O)[O-])c1. The van der Waals surface area contributed by atoms with Crippen molar-refractivity contribution in [2.45, 2.75) is 26.8 Å². The topological polar surface area (TPSA) is 153 Å². The van der Waals surface area contributed by atoms with Gasteiger partial charge in [0, 0.05) is 12.6 Å². The Labute approximate surface area is 136 Å². The minimum Gasteiger partial charge on any atom is -0.497 e. The number of aromatic hydroxyl groups is 1. The molecule has 2 atom stereocenters. The molecule has 2 unspecified atom stereocenters. The molecule has 0 spiro atoms. The second kappa shape index (κ2) is 6.74. The Bertz CT molecular complexity index is 648. The highest BCUT2D eigenvalue weighted by Gasteiger charge is 2.39. The van der Waals surface area contributed by atoms with E-state index in [0.29, 0.717) is 17.5 Å². The average Bonchev–Trinajstić information content (AvgIpc) is 3.16. The van der Waals surface area contributed by atoms with Crippen LogP contribution in [0, 0.1) is 35.8 Å². The highest BCUT2D eigenvalue weighted by atomic mass is 16.6. The Balaban J connectivity index is 0.000000300. The number of nitrogens with zero attached hydrogens (tertiary/aromatic N) is 4. The van der Waals surface area contributed by atoms with E-state index in [2.05, 4.69) is 32.7 Å². The molecule has 11 nitrogen and oxygen atoms in total. The second-order valence-corrected chi connectivity index (χ2v) is 6.43. The molecule has 0 aliphatic carbocycles. The summed E-state index contributed by atoms with van der Waals surface area (Å²) in [6, 6.07) is 1.74. The number of hydrogen-bond donors (Lipinski definition) is 1. The lowest BCUT2D eigenvalue weighted by Crippen LogP contribution is -2.16. The third-order valence-electron chi connectivity index (χ3n) is 3.52. The average molecular weight is 342 g/mol. The van der Waals surface area contributed by atoms with Gasteiger partial charge in [-0.2, -0.15) is 0 Å². The van der Waals surface area contributed by atoms with Crippen molar-refractivity contribution < 1.29 is 19.9 Å². The van der Waals surface area contributed by atoms with Crippen molar-refractivity contribution in [1.82, 2.24) is 4.90 Å². The molecule has 1 aliphatic rings. The van der Waals surface area contributed by atoms with E-state index in [9.17, 15) is 30.3 Å². The molecule has 0 amide bonds. The van der Waals surface area contributed by atoms with Gasteiger partial charge in [0.15, 0.2) is 0 Å². The first-order chi connectivity index (χ1) is 10.9. The Hall–Kier alpha value is -2.82. The molecule has 0 bridgehead atoms. The number of hydrogen-bond acceptors (Lipinski definition) is 8. The summed E-state index contributed by atoms with van der Waals surface area (Å²) in [5.74, 6) is -1.21. The molecule has 24 heavy (non-hydrogen) atoms.